The van der Waals surface area contributed by atoms with Crippen molar-refractivity contribution in [1.29, 1.82) is 0 Å². The number of hydrogen-bond acceptors (Lipinski definition) is 7. The van der Waals surface area contributed by atoms with Gasteiger partial charge in [0.25, 0.3) is 0 Å². The Morgan fingerprint density at radius 2 is 1.72 bits per heavy atom. The van der Waals surface area contributed by atoms with Gasteiger partial charge >= 0.3 is 0 Å². The fourth-order valence-electron chi connectivity index (χ4n) is 4.61. The number of ketones is 1. The third-order valence-corrected chi connectivity index (χ3v) is 9.58. The molecule has 2 heterocycles. The molecule has 7 nitrogen and oxygen atoms in total. The van der Waals surface area contributed by atoms with Crippen LogP contribution < -0.4 is 4.74 Å². The Morgan fingerprint density at radius 3 is 2.46 bits per heavy atom. The lowest BCUT2D eigenvalue weighted by molar-refractivity contribution is 0.0503. The number of benzene rings is 3. The molecule has 0 saturated heterocycles. The number of Topliss-reactive ketones (excluding diaryl/α,β-unsaturated/α-hetero) is 1. The van der Waals surface area contributed by atoms with Gasteiger partial charge in [-0.25, -0.2) is 13.4 Å². The van der Waals surface area contributed by atoms with Crippen LogP contribution >= 0.6 is 0 Å². The molecule has 202 valence electrons. The van der Waals surface area contributed by atoms with Gasteiger partial charge in [-0.05, 0) is 50.1 Å². The zero-order valence-electron chi connectivity index (χ0n) is 22.1. The first-order valence-corrected chi connectivity index (χ1v) is 14.5. The van der Waals surface area contributed by atoms with Gasteiger partial charge in [-0.15, -0.1) is 0 Å². The van der Waals surface area contributed by atoms with Gasteiger partial charge in [-0.2, -0.15) is 0 Å². The molecular weight excluding hydrogens is 514 g/mol. The molecule has 1 aromatic heterocycles. The molecule has 0 spiro atoms. The number of oxazole rings is 1. The molecule has 0 bridgehead atoms. The molecule has 0 saturated carbocycles. The first kappa shape index (κ1) is 26.8. The maximum atomic E-state index is 13.1. The van der Waals surface area contributed by atoms with Crippen molar-refractivity contribution >= 4 is 15.6 Å². The Hall–Kier alpha value is -3.75. The highest BCUT2D eigenvalue weighted by Crippen LogP contribution is 2.40. The van der Waals surface area contributed by atoms with Crippen molar-refractivity contribution in [2.45, 2.75) is 38.0 Å². The summed E-state index contributed by atoms with van der Waals surface area (Å²) < 4.78 is 36.0. The minimum absolute atomic E-state index is 0.214. The van der Waals surface area contributed by atoms with E-state index in [2.05, 4.69) is 4.98 Å². The predicted octanol–water partition coefficient (Wildman–Crippen LogP) is 5.69. The van der Waals surface area contributed by atoms with Crippen LogP contribution in [0.2, 0.25) is 0 Å². The Labute approximate surface area is 228 Å². The van der Waals surface area contributed by atoms with E-state index >= 15 is 0 Å². The molecule has 8 heteroatoms. The van der Waals surface area contributed by atoms with E-state index in [1.807, 2.05) is 36.4 Å². The van der Waals surface area contributed by atoms with Gasteiger partial charge in [0.15, 0.2) is 15.6 Å². The van der Waals surface area contributed by atoms with E-state index in [1.165, 1.54) is 0 Å². The number of nitrogens with zero attached hydrogens (tertiary/aromatic N) is 1. The van der Waals surface area contributed by atoms with Crippen LogP contribution in [0.3, 0.4) is 0 Å². The maximum Gasteiger partial charge on any atom is 0.226 e. The first-order valence-electron chi connectivity index (χ1n) is 12.8. The highest BCUT2D eigenvalue weighted by molar-refractivity contribution is 7.93. The second-order valence-electron chi connectivity index (χ2n) is 10.8. The average molecular weight is 546 g/mol. The van der Waals surface area contributed by atoms with Crippen molar-refractivity contribution in [3.05, 3.63) is 95.9 Å². The summed E-state index contributed by atoms with van der Waals surface area (Å²) in [5.74, 6) is -0.171. The van der Waals surface area contributed by atoms with Gasteiger partial charge in [0, 0.05) is 29.0 Å². The average Bonchev–Trinajstić information content (AvgIpc) is 3.38. The zero-order chi connectivity index (χ0) is 27.8. The van der Waals surface area contributed by atoms with Crippen LogP contribution in [0, 0.1) is 5.92 Å². The van der Waals surface area contributed by atoms with E-state index in [0.29, 0.717) is 40.3 Å². The van der Waals surface area contributed by atoms with Gasteiger partial charge in [-0.3, -0.25) is 4.79 Å². The van der Waals surface area contributed by atoms with E-state index in [1.54, 1.807) is 63.4 Å². The number of aliphatic hydroxyl groups is 1. The number of hydrogen-bond donors (Lipinski definition) is 1. The van der Waals surface area contributed by atoms with Crippen LogP contribution in [0.25, 0.3) is 22.6 Å². The van der Waals surface area contributed by atoms with E-state index in [9.17, 15) is 18.3 Å². The molecule has 0 radical (unpaired) electrons. The number of carbonyl (C=O) groups excluding carboxylic acids is 1. The molecule has 2 atom stereocenters. The number of fused-ring (bicyclic) bond motifs is 1. The third kappa shape index (κ3) is 5.53. The standard InChI is InChI=1S/C31H31NO6S/c1-31(2,3)39(35,36)19-27(33)25-12-8-7-11-24(25)21-13-14-26-28(16-21)37-17-22(29(26)34)15-23-18-38-30(32-23)20-9-5-4-6-10-20/h4-14,16,18,22,29,34H,15,17,19H2,1-3H3/t22-,29+/m1/s1. The number of ether oxygens (including phenoxy) is 1. The summed E-state index contributed by atoms with van der Waals surface area (Å²) in [6.45, 7) is 5.05. The van der Waals surface area contributed by atoms with E-state index in [0.717, 1.165) is 11.3 Å². The quantitative estimate of drug-likeness (QED) is 0.297. The van der Waals surface area contributed by atoms with Crippen LogP contribution in [0.5, 0.6) is 5.75 Å². The molecule has 39 heavy (non-hydrogen) atoms. The number of aliphatic hydroxyl groups excluding tert-OH is 1. The number of sulfone groups is 1. The van der Waals surface area contributed by atoms with Crippen LogP contribution in [-0.2, 0) is 16.3 Å². The van der Waals surface area contributed by atoms with E-state index in [4.69, 9.17) is 9.15 Å². The number of carbonyl (C=O) groups is 1. The second-order valence-corrected chi connectivity index (χ2v) is 13.6. The number of aromatic nitrogens is 1. The van der Waals surface area contributed by atoms with Crippen LogP contribution in [-0.4, -0.2) is 41.4 Å². The first-order chi connectivity index (χ1) is 18.5. The van der Waals surface area contributed by atoms with Gasteiger partial charge in [0.1, 0.15) is 17.8 Å². The molecule has 4 aromatic rings. The van der Waals surface area contributed by atoms with Gasteiger partial charge in [0.05, 0.1) is 23.2 Å². The summed E-state index contributed by atoms with van der Waals surface area (Å²) in [5, 5.41) is 11.2. The monoisotopic (exact) mass is 545 g/mol. The smallest absolute Gasteiger partial charge is 0.226 e. The van der Waals surface area contributed by atoms with Crippen molar-refractivity contribution in [3.8, 4) is 28.3 Å². The van der Waals surface area contributed by atoms with Gasteiger partial charge in [-0.1, -0.05) is 54.6 Å². The summed E-state index contributed by atoms with van der Waals surface area (Å²) in [5.41, 5.74) is 3.93. The highest BCUT2D eigenvalue weighted by Gasteiger charge is 2.33. The van der Waals surface area contributed by atoms with E-state index < -0.39 is 32.2 Å². The lowest BCUT2D eigenvalue weighted by Crippen LogP contribution is -2.33. The Kier molecular flexibility index (Phi) is 7.18. The lowest BCUT2D eigenvalue weighted by Gasteiger charge is -2.30. The molecule has 1 aliphatic heterocycles. The zero-order valence-corrected chi connectivity index (χ0v) is 22.9. The lowest BCUT2D eigenvalue weighted by atomic mass is 9.88. The van der Waals surface area contributed by atoms with Crippen LogP contribution in [0.1, 0.15) is 48.5 Å². The summed E-state index contributed by atoms with van der Waals surface area (Å²) in [6, 6.07) is 22.0. The minimum atomic E-state index is -3.63. The summed E-state index contributed by atoms with van der Waals surface area (Å²) in [6.07, 6.45) is 1.33. The molecule has 0 amide bonds. The molecule has 1 aliphatic rings. The topological polar surface area (TPSA) is 107 Å². The van der Waals surface area contributed by atoms with Gasteiger partial charge in [0.2, 0.25) is 5.89 Å². The van der Waals surface area contributed by atoms with Crippen LogP contribution in [0.4, 0.5) is 0 Å². The fraction of sp³-hybridized carbons (Fsp3) is 0.290. The largest absolute Gasteiger partial charge is 0.493 e. The van der Waals surface area contributed by atoms with Gasteiger partial charge < -0.3 is 14.3 Å². The Balaban J connectivity index is 1.35. The van der Waals surface area contributed by atoms with Crippen molar-refractivity contribution in [2.24, 2.45) is 5.92 Å². The molecule has 0 unspecified atom stereocenters. The molecular formula is C31H31NO6S. The highest BCUT2D eigenvalue weighted by atomic mass is 32.2. The predicted molar refractivity (Wildman–Crippen MR) is 149 cm³/mol. The molecule has 5 rings (SSSR count). The SMILES string of the molecule is CC(C)(C)S(=O)(=O)CC(=O)c1ccccc1-c1ccc2c(c1)OC[C@@H](Cc1coc(-c3ccccc3)n1)[C@@H]2O. The Morgan fingerprint density at radius 1 is 1.00 bits per heavy atom. The van der Waals surface area contributed by atoms with Crippen molar-refractivity contribution in [2.75, 3.05) is 12.4 Å². The molecule has 0 fully saturated rings. The third-order valence-electron chi connectivity index (χ3n) is 7.07. The summed E-state index contributed by atoms with van der Waals surface area (Å²) in [4.78, 5) is 17.7. The normalized spacial score (nSPS) is 17.3. The Bertz CT molecular complexity index is 1600. The molecule has 3 aromatic carbocycles. The molecule has 1 N–H and O–H groups in total. The van der Waals surface area contributed by atoms with Crippen molar-refractivity contribution in [3.63, 3.8) is 0 Å². The van der Waals surface area contributed by atoms with Crippen LogP contribution in [0.15, 0.2) is 83.5 Å². The maximum absolute atomic E-state index is 13.1. The van der Waals surface area contributed by atoms with Crippen molar-refractivity contribution < 1.29 is 27.5 Å². The number of rotatable bonds is 7. The summed E-state index contributed by atoms with van der Waals surface area (Å²) in [7, 11) is -3.63. The summed E-state index contributed by atoms with van der Waals surface area (Å²) >= 11 is 0. The van der Waals surface area contributed by atoms with Crippen molar-refractivity contribution in [1.82, 2.24) is 4.98 Å². The van der Waals surface area contributed by atoms with E-state index in [-0.39, 0.29) is 12.5 Å². The minimum Gasteiger partial charge on any atom is -0.493 e. The fourth-order valence-corrected chi connectivity index (χ4v) is 5.54. The second kappa shape index (κ2) is 10.4. The molecule has 0 aliphatic carbocycles.